The van der Waals surface area contributed by atoms with Crippen LogP contribution in [0.15, 0.2) is 30.5 Å². The van der Waals surface area contributed by atoms with E-state index in [4.69, 9.17) is 11.6 Å². The fourth-order valence-electron chi connectivity index (χ4n) is 1.77. The second-order valence-corrected chi connectivity index (χ2v) is 7.71. The van der Waals surface area contributed by atoms with Crippen molar-refractivity contribution in [2.45, 2.75) is 19.1 Å². The van der Waals surface area contributed by atoms with Crippen molar-refractivity contribution in [2.75, 3.05) is 0 Å². The van der Waals surface area contributed by atoms with Crippen LogP contribution < -0.4 is 4.72 Å². The summed E-state index contributed by atoms with van der Waals surface area (Å²) in [6, 6.07) is 7.09. The number of rotatable bonds is 4. The van der Waals surface area contributed by atoms with E-state index >= 15 is 0 Å². The molecule has 0 fully saturated rings. The first kappa shape index (κ1) is 16.5. The number of benzene rings is 1. The molecular weight excluding hydrogens is 326 g/mol. The minimum absolute atomic E-state index is 0.0154. The summed E-state index contributed by atoms with van der Waals surface area (Å²) >= 11 is 6.12. The molecule has 0 spiro atoms. The molecule has 0 aliphatic carbocycles. The molecule has 6 nitrogen and oxygen atoms in total. The van der Waals surface area contributed by atoms with E-state index in [9.17, 15) is 13.2 Å². The van der Waals surface area contributed by atoms with Gasteiger partial charge >= 0.3 is 0 Å². The van der Waals surface area contributed by atoms with Gasteiger partial charge in [0, 0.05) is 18.8 Å². The van der Waals surface area contributed by atoms with Crippen molar-refractivity contribution in [2.24, 2.45) is 7.05 Å². The first-order chi connectivity index (χ1) is 10.2. The van der Waals surface area contributed by atoms with E-state index in [2.05, 4.69) is 4.98 Å². The Labute approximate surface area is 134 Å². The molecule has 0 saturated carbocycles. The van der Waals surface area contributed by atoms with Crippen molar-refractivity contribution in [1.82, 2.24) is 14.3 Å². The summed E-state index contributed by atoms with van der Waals surface area (Å²) in [5, 5.41) is -0.207. The van der Waals surface area contributed by atoms with E-state index in [1.54, 1.807) is 35.9 Å². The topological polar surface area (TPSA) is 81.1 Å². The SMILES string of the molecule is CC(C)S(=O)(=O)NC(=O)c1cn(C)c(-c2ccccc2Cl)n1. The molecule has 0 aliphatic heterocycles. The Kier molecular flexibility index (Phi) is 4.58. The van der Waals surface area contributed by atoms with Crippen molar-refractivity contribution in [1.29, 1.82) is 0 Å². The van der Waals surface area contributed by atoms with Crippen LogP contribution >= 0.6 is 11.6 Å². The van der Waals surface area contributed by atoms with Crippen LogP contribution in [0.5, 0.6) is 0 Å². The van der Waals surface area contributed by atoms with E-state index in [0.717, 1.165) is 0 Å². The summed E-state index contributed by atoms with van der Waals surface area (Å²) in [4.78, 5) is 16.2. The Bertz CT molecular complexity index is 812. The van der Waals surface area contributed by atoms with Gasteiger partial charge in [-0.15, -0.1) is 0 Å². The standard InChI is InChI=1S/C14H16ClN3O3S/c1-9(2)22(20,21)17-14(19)12-8-18(3)13(16-12)10-6-4-5-7-11(10)15/h4-9H,1-3H3,(H,17,19). The van der Waals surface area contributed by atoms with E-state index in [0.29, 0.717) is 16.4 Å². The number of carbonyl (C=O) groups excluding carboxylic acids is 1. The number of halogens is 1. The number of amides is 1. The molecule has 0 aliphatic rings. The van der Waals surface area contributed by atoms with Crippen LogP contribution in [0.2, 0.25) is 5.02 Å². The van der Waals surface area contributed by atoms with Crippen molar-refractivity contribution in [3.8, 4) is 11.4 Å². The summed E-state index contributed by atoms with van der Waals surface area (Å²) in [7, 11) is -1.99. The van der Waals surface area contributed by atoms with E-state index < -0.39 is 21.2 Å². The lowest BCUT2D eigenvalue weighted by atomic mass is 10.2. The zero-order valence-electron chi connectivity index (χ0n) is 12.4. The summed E-state index contributed by atoms with van der Waals surface area (Å²) in [6.07, 6.45) is 1.46. The average Bonchev–Trinajstić information content (AvgIpc) is 2.81. The van der Waals surface area contributed by atoms with E-state index in [1.165, 1.54) is 20.0 Å². The second kappa shape index (κ2) is 6.10. The Morgan fingerprint density at radius 2 is 1.95 bits per heavy atom. The summed E-state index contributed by atoms with van der Waals surface area (Å²) in [5.41, 5.74) is 0.680. The van der Waals surface area contributed by atoms with Gasteiger partial charge in [0.25, 0.3) is 5.91 Å². The normalized spacial score (nSPS) is 11.7. The van der Waals surface area contributed by atoms with Gasteiger partial charge in [-0.2, -0.15) is 0 Å². The molecule has 0 unspecified atom stereocenters. The molecule has 1 amide bonds. The summed E-state index contributed by atoms with van der Waals surface area (Å²) in [6.45, 7) is 2.98. The summed E-state index contributed by atoms with van der Waals surface area (Å²) in [5.74, 6) is -0.278. The fraction of sp³-hybridized carbons (Fsp3) is 0.286. The maximum atomic E-state index is 12.0. The molecule has 0 bridgehead atoms. The van der Waals surface area contributed by atoms with Crippen molar-refractivity contribution < 1.29 is 13.2 Å². The predicted molar refractivity (Wildman–Crippen MR) is 85.2 cm³/mol. The maximum Gasteiger partial charge on any atom is 0.284 e. The molecule has 1 heterocycles. The van der Waals surface area contributed by atoms with Crippen LogP contribution in [0.3, 0.4) is 0 Å². The zero-order chi connectivity index (χ0) is 16.5. The van der Waals surface area contributed by atoms with Gasteiger partial charge < -0.3 is 4.57 Å². The highest BCUT2D eigenvalue weighted by Gasteiger charge is 2.22. The molecule has 1 aromatic carbocycles. The summed E-state index contributed by atoms with van der Waals surface area (Å²) < 4.78 is 27.1. The van der Waals surface area contributed by atoms with Gasteiger partial charge in [-0.3, -0.25) is 4.79 Å². The Morgan fingerprint density at radius 3 is 2.55 bits per heavy atom. The van der Waals surface area contributed by atoms with Gasteiger partial charge in [-0.1, -0.05) is 23.7 Å². The molecule has 0 saturated heterocycles. The first-order valence-corrected chi connectivity index (χ1v) is 8.49. The second-order valence-electron chi connectivity index (χ2n) is 5.07. The Balaban J connectivity index is 2.35. The highest BCUT2D eigenvalue weighted by Crippen LogP contribution is 2.26. The largest absolute Gasteiger partial charge is 0.333 e. The third-order valence-electron chi connectivity index (χ3n) is 3.08. The molecule has 0 atom stereocenters. The van der Waals surface area contributed by atoms with Gasteiger partial charge in [0.15, 0.2) is 0 Å². The number of hydrogen-bond donors (Lipinski definition) is 1. The van der Waals surface area contributed by atoms with E-state index in [-0.39, 0.29) is 5.69 Å². The smallest absolute Gasteiger partial charge is 0.284 e. The molecule has 1 aromatic heterocycles. The molecule has 22 heavy (non-hydrogen) atoms. The molecule has 2 aromatic rings. The monoisotopic (exact) mass is 341 g/mol. The molecule has 0 radical (unpaired) electrons. The minimum Gasteiger partial charge on any atom is -0.333 e. The van der Waals surface area contributed by atoms with Crippen LogP contribution in [0.1, 0.15) is 24.3 Å². The van der Waals surface area contributed by atoms with Crippen LogP contribution in [-0.4, -0.2) is 29.1 Å². The van der Waals surface area contributed by atoms with Gasteiger partial charge in [0.2, 0.25) is 10.0 Å². The predicted octanol–water partition coefficient (Wildman–Crippen LogP) is 2.21. The fourth-order valence-corrected chi connectivity index (χ4v) is 2.59. The Hall–Kier alpha value is -1.86. The first-order valence-electron chi connectivity index (χ1n) is 6.56. The van der Waals surface area contributed by atoms with Gasteiger partial charge in [0.05, 0.1) is 10.3 Å². The number of aryl methyl sites for hydroxylation is 1. The lowest BCUT2D eigenvalue weighted by molar-refractivity contribution is 0.0976. The highest BCUT2D eigenvalue weighted by molar-refractivity contribution is 7.90. The number of carbonyl (C=O) groups is 1. The molecule has 8 heteroatoms. The van der Waals surface area contributed by atoms with E-state index in [1.807, 2.05) is 4.72 Å². The third-order valence-corrected chi connectivity index (χ3v) is 5.12. The van der Waals surface area contributed by atoms with Crippen molar-refractivity contribution in [3.05, 3.63) is 41.2 Å². The van der Waals surface area contributed by atoms with Crippen LogP contribution in [0, 0.1) is 0 Å². The van der Waals surface area contributed by atoms with Gasteiger partial charge in [0.1, 0.15) is 11.5 Å². The number of sulfonamides is 1. The number of nitrogens with zero attached hydrogens (tertiary/aromatic N) is 2. The number of imidazole rings is 1. The maximum absolute atomic E-state index is 12.0. The zero-order valence-corrected chi connectivity index (χ0v) is 13.9. The van der Waals surface area contributed by atoms with Crippen molar-refractivity contribution in [3.63, 3.8) is 0 Å². The van der Waals surface area contributed by atoms with Gasteiger partial charge in [-0.05, 0) is 26.0 Å². The lowest BCUT2D eigenvalue weighted by Gasteiger charge is -2.07. The molecule has 2 rings (SSSR count). The van der Waals surface area contributed by atoms with Crippen molar-refractivity contribution >= 4 is 27.5 Å². The molecule has 118 valence electrons. The van der Waals surface area contributed by atoms with Crippen LogP contribution in [0.4, 0.5) is 0 Å². The minimum atomic E-state index is -3.70. The number of nitrogens with one attached hydrogen (secondary N) is 1. The highest BCUT2D eigenvalue weighted by atomic mass is 35.5. The quantitative estimate of drug-likeness (QED) is 0.924. The Morgan fingerprint density at radius 1 is 1.32 bits per heavy atom. The average molecular weight is 342 g/mol. The third kappa shape index (κ3) is 3.31. The molecular formula is C14H16ClN3O3S. The van der Waals surface area contributed by atoms with Crippen LogP contribution in [-0.2, 0) is 17.1 Å². The molecule has 1 N–H and O–H groups in total. The lowest BCUT2D eigenvalue weighted by Crippen LogP contribution is -2.35. The van der Waals surface area contributed by atoms with Crippen LogP contribution in [0.25, 0.3) is 11.4 Å². The van der Waals surface area contributed by atoms with Gasteiger partial charge in [-0.25, -0.2) is 18.1 Å². The number of aromatic nitrogens is 2. The number of hydrogen-bond acceptors (Lipinski definition) is 4.